The number of aromatic amines is 1. The largest absolute Gasteiger partial charge is 0.347 e. The Morgan fingerprint density at radius 2 is 1.89 bits per heavy atom. The van der Waals surface area contributed by atoms with Gasteiger partial charge in [0.2, 0.25) is 0 Å². The molecule has 19 heavy (non-hydrogen) atoms. The summed E-state index contributed by atoms with van der Waals surface area (Å²) in [5.74, 6) is 0. The Morgan fingerprint density at radius 1 is 1.26 bits per heavy atom. The number of aromatic nitrogens is 2. The number of nitriles is 1. The van der Waals surface area contributed by atoms with Gasteiger partial charge in [0.15, 0.2) is 0 Å². The molecule has 0 amide bonds. The summed E-state index contributed by atoms with van der Waals surface area (Å²) >= 11 is 11.9. The van der Waals surface area contributed by atoms with Crippen molar-refractivity contribution in [2.75, 3.05) is 5.43 Å². The molecule has 96 valence electrons. The number of para-hydroxylation sites is 1. The Kier molecular flexibility index (Phi) is 3.60. The van der Waals surface area contributed by atoms with Gasteiger partial charge in [-0.05, 0) is 12.1 Å². The van der Waals surface area contributed by atoms with E-state index in [9.17, 15) is 9.59 Å². The first kappa shape index (κ1) is 13.2. The van der Waals surface area contributed by atoms with E-state index in [-0.39, 0.29) is 5.56 Å². The average Bonchev–Trinajstić information content (AvgIpc) is 2.36. The molecule has 1 aromatic carbocycles. The molecule has 0 unspecified atom stereocenters. The zero-order chi connectivity index (χ0) is 14.0. The third-order valence-electron chi connectivity index (χ3n) is 2.26. The van der Waals surface area contributed by atoms with Crippen molar-refractivity contribution in [3.8, 4) is 6.07 Å². The van der Waals surface area contributed by atoms with Crippen LogP contribution < -0.4 is 16.7 Å². The molecular weight excluding hydrogens is 291 g/mol. The van der Waals surface area contributed by atoms with E-state index in [0.717, 1.165) is 10.9 Å². The molecule has 1 aromatic heterocycles. The lowest BCUT2D eigenvalue weighted by molar-refractivity contribution is 0.826. The first-order valence-electron chi connectivity index (χ1n) is 5.00. The molecule has 0 saturated carbocycles. The zero-order valence-corrected chi connectivity index (χ0v) is 10.8. The van der Waals surface area contributed by atoms with E-state index >= 15 is 0 Å². The molecule has 0 atom stereocenters. The van der Waals surface area contributed by atoms with Crippen LogP contribution in [0, 0.1) is 11.3 Å². The van der Waals surface area contributed by atoms with Crippen LogP contribution in [0.4, 0.5) is 5.69 Å². The normalized spacial score (nSPS) is 9.95. The van der Waals surface area contributed by atoms with Gasteiger partial charge in [0.1, 0.15) is 11.6 Å². The summed E-state index contributed by atoms with van der Waals surface area (Å²) in [7, 11) is 0. The van der Waals surface area contributed by atoms with E-state index in [0.29, 0.717) is 15.7 Å². The molecule has 1 heterocycles. The maximum atomic E-state index is 11.6. The zero-order valence-electron chi connectivity index (χ0n) is 9.28. The molecule has 0 fully saturated rings. The quantitative estimate of drug-likeness (QED) is 0.880. The molecule has 0 radical (unpaired) electrons. The summed E-state index contributed by atoms with van der Waals surface area (Å²) in [5.41, 5.74) is 1.22. The van der Waals surface area contributed by atoms with Gasteiger partial charge in [0.25, 0.3) is 5.56 Å². The van der Waals surface area contributed by atoms with Gasteiger partial charge in [-0.15, -0.1) is 0 Å². The van der Waals surface area contributed by atoms with E-state index in [1.54, 1.807) is 24.3 Å². The fourth-order valence-corrected chi connectivity index (χ4v) is 1.84. The van der Waals surface area contributed by atoms with E-state index in [1.165, 1.54) is 0 Å². The van der Waals surface area contributed by atoms with Crippen LogP contribution >= 0.6 is 23.2 Å². The number of nitrogens with one attached hydrogen (secondary N) is 2. The summed E-state index contributed by atoms with van der Waals surface area (Å²) in [6, 6.07) is 6.48. The van der Waals surface area contributed by atoms with Crippen LogP contribution in [-0.2, 0) is 0 Å². The topological polar surface area (TPSA) is 90.7 Å². The van der Waals surface area contributed by atoms with Crippen molar-refractivity contribution in [1.29, 1.82) is 5.26 Å². The Balaban J connectivity index is 2.54. The fourth-order valence-electron chi connectivity index (χ4n) is 1.36. The first-order chi connectivity index (χ1) is 9.02. The average molecular weight is 297 g/mol. The first-order valence-corrected chi connectivity index (χ1v) is 5.75. The number of nitrogens with zero attached hydrogens (tertiary/aromatic N) is 2. The second-order valence-electron chi connectivity index (χ2n) is 3.49. The second-order valence-corrected chi connectivity index (χ2v) is 4.31. The number of benzene rings is 1. The molecule has 2 N–H and O–H groups in total. The molecule has 2 rings (SSSR count). The molecular formula is C11H6Cl2N4O2. The van der Waals surface area contributed by atoms with Crippen molar-refractivity contribution < 1.29 is 0 Å². The van der Waals surface area contributed by atoms with Crippen molar-refractivity contribution in [1.82, 2.24) is 9.66 Å². The Morgan fingerprint density at radius 3 is 2.47 bits per heavy atom. The van der Waals surface area contributed by atoms with Gasteiger partial charge in [-0.3, -0.25) is 15.2 Å². The smallest absolute Gasteiger partial charge is 0.287 e. The van der Waals surface area contributed by atoms with Crippen molar-refractivity contribution in [3.63, 3.8) is 0 Å². The minimum Gasteiger partial charge on any atom is -0.287 e. The highest BCUT2D eigenvalue weighted by atomic mass is 35.5. The molecule has 8 heteroatoms. The van der Waals surface area contributed by atoms with Gasteiger partial charge in [0, 0.05) is 0 Å². The number of anilines is 1. The number of rotatable bonds is 2. The second kappa shape index (κ2) is 5.18. The molecule has 0 spiro atoms. The highest BCUT2D eigenvalue weighted by molar-refractivity contribution is 6.39. The Labute approximate surface area is 116 Å². The number of hydrogen-bond donors (Lipinski definition) is 2. The lowest BCUT2D eigenvalue weighted by atomic mass is 10.3. The van der Waals surface area contributed by atoms with E-state index < -0.39 is 11.2 Å². The Bertz CT molecular complexity index is 768. The van der Waals surface area contributed by atoms with Gasteiger partial charge >= 0.3 is 5.69 Å². The summed E-state index contributed by atoms with van der Waals surface area (Å²) in [6.07, 6.45) is 1.07. The van der Waals surface area contributed by atoms with Crippen LogP contribution in [0.3, 0.4) is 0 Å². The van der Waals surface area contributed by atoms with Crippen LogP contribution in [0.15, 0.2) is 34.0 Å². The van der Waals surface area contributed by atoms with Crippen LogP contribution in [0.2, 0.25) is 10.0 Å². The number of hydrogen-bond acceptors (Lipinski definition) is 4. The summed E-state index contributed by atoms with van der Waals surface area (Å²) in [6.45, 7) is 0. The highest BCUT2D eigenvalue weighted by Crippen LogP contribution is 2.29. The molecule has 0 aliphatic rings. The molecule has 0 aliphatic heterocycles. The molecule has 2 aromatic rings. The monoisotopic (exact) mass is 296 g/mol. The SMILES string of the molecule is N#Cc1cn(Nc2c(Cl)cccc2Cl)c(=O)[nH]c1=O. The molecule has 0 aliphatic carbocycles. The predicted octanol–water partition coefficient (Wildman–Crippen LogP) is 1.59. The van der Waals surface area contributed by atoms with E-state index in [2.05, 4.69) is 5.43 Å². The lowest BCUT2D eigenvalue weighted by Gasteiger charge is -2.11. The number of H-pyrrole nitrogens is 1. The standard InChI is InChI=1S/C11H6Cl2N4O2/c12-7-2-1-3-8(13)9(7)16-17-5-6(4-14)10(18)15-11(17)19/h1-3,5,16H,(H,15,18,19). The third-order valence-corrected chi connectivity index (χ3v) is 2.89. The maximum absolute atomic E-state index is 11.6. The minimum atomic E-state index is -0.754. The summed E-state index contributed by atoms with van der Waals surface area (Å²) < 4.78 is 0.924. The van der Waals surface area contributed by atoms with Gasteiger partial charge < -0.3 is 0 Å². The van der Waals surface area contributed by atoms with Gasteiger partial charge in [-0.2, -0.15) is 5.26 Å². The van der Waals surface area contributed by atoms with Crippen LogP contribution in [0.25, 0.3) is 0 Å². The molecule has 0 saturated heterocycles. The van der Waals surface area contributed by atoms with Crippen molar-refractivity contribution in [2.24, 2.45) is 0 Å². The van der Waals surface area contributed by atoms with Gasteiger partial charge in [-0.25, -0.2) is 9.47 Å². The molecule has 0 bridgehead atoms. The summed E-state index contributed by atoms with van der Waals surface area (Å²) in [5, 5.41) is 9.33. The lowest BCUT2D eigenvalue weighted by Crippen LogP contribution is -2.34. The van der Waals surface area contributed by atoms with E-state index in [1.807, 2.05) is 4.98 Å². The minimum absolute atomic E-state index is 0.213. The predicted molar refractivity (Wildman–Crippen MR) is 71.5 cm³/mol. The Hall–Kier alpha value is -2.23. The molecule has 6 nitrogen and oxygen atoms in total. The van der Waals surface area contributed by atoms with Gasteiger partial charge in [0.05, 0.1) is 21.9 Å². The summed E-state index contributed by atoms with van der Waals surface area (Å²) in [4.78, 5) is 24.8. The highest BCUT2D eigenvalue weighted by Gasteiger charge is 2.08. The van der Waals surface area contributed by atoms with Crippen LogP contribution in [0.1, 0.15) is 5.56 Å². The maximum Gasteiger partial charge on any atom is 0.347 e. The third kappa shape index (κ3) is 2.62. The van der Waals surface area contributed by atoms with Crippen molar-refractivity contribution >= 4 is 28.9 Å². The fraction of sp³-hybridized carbons (Fsp3) is 0. The van der Waals surface area contributed by atoms with Gasteiger partial charge in [-0.1, -0.05) is 29.3 Å². The van der Waals surface area contributed by atoms with Crippen molar-refractivity contribution in [2.45, 2.75) is 0 Å². The van der Waals surface area contributed by atoms with Crippen LogP contribution in [-0.4, -0.2) is 9.66 Å². The number of halogens is 2. The van der Waals surface area contributed by atoms with E-state index in [4.69, 9.17) is 28.5 Å². The van der Waals surface area contributed by atoms with Crippen molar-refractivity contribution in [3.05, 3.63) is 60.8 Å². The van der Waals surface area contributed by atoms with Crippen LogP contribution in [0.5, 0.6) is 0 Å².